The van der Waals surface area contributed by atoms with Crippen molar-refractivity contribution in [3.05, 3.63) is 54.4 Å². The second kappa shape index (κ2) is 5.59. The summed E-state index contributed by atoms with van der Waals surface area (Å²) in [5.74, 6) is 1.33. The molecule has 1 aromatic carbocycles. The molecule has 26 heavy (non-hydrogen) atoms. The van der Waals surface area contributed by atoms with Gasteiger partial charge in [0, 0.05) is 18.0 Å². The summed E-state index contributed by atoms with van der Waals surface area (Å²) in [6.45, 7) is 5.65. The van der Waals surface area contributed by atoms with E-state index in [1.807, 2.05) is 39.0 Å². The summed E-state index contributed by atoms with van der Waals surface area (Å²) in [5.41, 5.74) is 8.62. The van der Waals surface area contributed by atoms with Crippen molar-refractivity contribution in [3.63, 3.8) is 0 Å². The van der Waals surface area contributed by atoms with Crippen LogP contribution in [0, 0.1) is 6.92 Å². The van der Waals surface area contributed by atoms with Gasteiger partial charge in [0.25, 0.3) is 0 Å². The average Bonchev–Trinajstić information content (AvgIpc) is 2.81. The Kier molecular flexibility index (Phi) is 3.47. The Bertz CT molecular complexity index is 1010. The molecule has 0 radical (unpaired) electrons. The van der Waals surface area contributed by atoms with Gasteiger partial charge in [-0.05, 0) is 38.0 Å². The van der Waals surface area contributed by atoms with Gasteiger partial charge in [-0.2, -0.15) is 0 Å². The van der Waals surface area contributed by atoms with Crippen LogP contribution in [0.15, 0.2) is 43.0 Å². The molecule has 0 saturated carbocycles. The maximum atomic E-state index is 13.1. The minimum atomic E-state index is -0.663. The first kappa shape index (κ1) is 16.1. The molecule has 0 atom stereocenters. The molecule has 130 valence electrons. The first-order valence-corrected chi connectivity index (χ1v) is 8.23. The van der Waals surface area contributed by atoms with E-state index in [4.69, 9.17) is 5.73 Å². The number of rotatable bonds is 2. The van der Waals surface area contributed by atoms with E-state index in [-0.39, 0.29) is 11.7 Å². The third-order valence-corrected chi connectivity index (χ3v) is 4.63. The van der Waals surface area contributed by atoms with Crippen LogP contribution in [0.1, 0.15) is 25.2 Å². The number of aryl methyl sites for hydroxylation is 1. The van der Waals surface area contributed by atoms with Crippen LogP contribution in [0.5, 0.6) is 0 Å². The second-order valence-electron chi connectivity index (χ2n) is 6.82. The molecule has 4 rings (SSSR count). The molecule has 0 fully saturated rings. The lowest BCUT2D eigenvalue weighted by molar-refractivity contribution is -0.121. The number of aromatic nitrogens is 4. The fraction of sp³-hybridized carbons (Fsp3) is 0.211. The van der Waals surface area contributed by atoms with Crippen molar-refractivity contribution >= 4 is 23.2 Å². The minimum absolute atomic E-state index is 0.0651. The van der Waals surface area contributed by atoms with E-state index >= 15 is 0 Å². The molecule has 0 saturated heterocycles. The number of amides is 1. The highest BCUT2D eigenvalue weighted by Crippen LogP contribution is 2.46. The number of carbonyl (C=O) groups excluding carboxylic acids is 1. The lowest BCUT2D eigenvalue weighted by Gasteiger charge is -2.19. The Morgan fingerprint density at radius 1 is 1.04 bits per heavy atom. The van der Waals surface area contributed by atoms with Gasteiger partial charge in [-0.25, -0.2) is 15.0 Å². The number of benzene rings is 1. The van der Waals surface area contributed by atoms with Crippen LogP contribution in [0.2, 0.25) is 0 Å². The zero-order valence-corrected chi connectivity index (χ0v) is 14.8. The quantitative estimate of drug-likeness (QED) is 0.766. The first-order chi connectivity index (χ1) is 12.4. The van der Waals surface area contributed by atoms with Gasteiger partial charge in [-0.15, -0.1) is 0 Å². The van der Waals surface area contributed by atoms with E-state index in [1.54, 1.807) is 23.5 Å². The summed E-state index contributed by atoms with van der Waals surface area (Å²) in [4.78, 5) is 31.5. The number of carbonyl (C=O) groups is 1. The number of nitrogens with two attached hydrogens (primary N) is 1. The van der Waals surface area contributed by atoms with Crippen LogP contribution < -0.4 is 10.6 Å². The van der Waals surface area contributed by atoms with Gasteiger partial charge in [-0.3, -0.25) is 14.7 Å². The van der Waals surface area contributed by atoms with Gasteiger partial charge in [0.05, 0.1) is 23.5 Å². The molecule has 1 amide bonds. The van der Waals surface area contributed by atoms with Crippen molar-refractivity contribution in [2.24, 2.45) is 0 Å². The Balaban J connectivity index is 1.89. The highest BCUT2D eigenvalue weighted by Gasteiger charge is 2.45. The number of hydrogen-bond acceptors (Lipinski definition) is 6. The molecule has 2 N–H and O–H groups in total. The van der Waals surface area contributed by atoms with Gasteiger partial charge in [0.1, 0.15) is 11.6 Å². The SMILES string of the molecule is Cc1ncc(-c2ccc3c(c2)N(c2cncc(N)n2)C(=O)C3(C)C)cn1. The maximum Gasteiger partial charge on any atom is 0.242 e. The maximum absolute atomic E-state index is 13.1. The average molecular weight is 346 g/mol. The van der Waals surface area contributed by atoms with E-state index in [0.29, 0.717) is 11.6 Å². The van der Waals surface area contributed by atoms with Crippen molar-refractivity contribution in [2.75, 3.05) is 10.6 Å². The number of hydrogen-bond donors (Lipinski definition) is 1. The molecule has 0 spiro atoms. The third kappa shape index (κ3) is 2.40. The second-order valence-corrected chi connectivity index (χ2v) is 6.82. The van der Waals surface area contributed by atoms with E-state index in [0.717, 1.165) is 22.4 Å². The summed E-state index contributed by atoms with van der Waals surface area (Å²) >= 11 is 0. The smallest absolute Gasteiger partial charge is 0.242 e. The molecule has 1 aliphatic rings. The lowest BCUT2D eigenvalue weighted by atomic mass is 9.85. The van der Waals surface area contributed by atoms with Gasteiger partial charge in [0.2, 0.25) is 5.91 Å². The van der Waals surface area contributed by atoms with Crippen LogP contribution in [0.4, 0.5) is 17.3 Å². The Morgan fingerprint density at radius 3 is 2.46 bits per heavy atom. The number of anilines is 3. The summed E-state index contributed by atoms with van der Waals surface area (Å²) in [6, 6.07) is 5.92. The fourth-order valence-electron chi connectivity index (χ4n) is 3.18. The van der Waals surface area contributed by atoms with Gasteiger partial charge in [-0.1, -0.05) is 12.1 Å². The molecule has 0 unspecified atom stereocenters. The molecule has 7 heteroatoms. The summed E-state index contributed by atoms with van der Waals surface area (Å²) in [5, 5.41) is 0. The topological polar surface area (TPSA) is 97.9 Å². The van der Waals surface area contributed by atoms with Gasteiger partial charge < -0.3 is 5.73 Å². The summed E-state index contributed by atoms with van der Waals surface area (Å²) in [7, 11) is 0. The van der Waals surface area contributed by atoms with Gasteiger partial charge in [0.15, 0.2) is 5.82 Å². The van der Waals surface area contributed by atoms with Crippen molar-refractivity contribution < 1.29 is 4.79 Å². The van der Waals surface area contributed by atoms with E-state index < -0.39 is 5.41 Å². The molecule has 0 bridgehead atoms. The third-order valence-electron chi connectivity index (χ3n) is 4.63. The molecular formula is C19H18N6O. The van der Waals surface area contributed by atoms with Crippen molar-refractivity contribution in [2.45, 2.75) is 26.2 Å². The highest BCUT2D eigenvalue weighted by atomic mass is 16.2. The Hall–Kier alpha value is -3.35. The van der Waals surface area contributed by atoms with Crippen molar-refractivity contribution in [1.29, 1.82) is 0 Å². The number of fused-ring (bicyclic) bond motifs is 1. The largest absolute Gasteiger partial charge is 0.382 e. The van der Waals surface area contributed by atoms with Crippen LogP contribution in [0.25, 0.3) is 11.1 Å². The van der Waals surface area contributed by atoms with Crippen LogP contribution in [0.3, 0.4) is 0 Å². The molecule has 3 heterocycles. The fourth-order valence-corrected chi connectivity index (χ4v) is 3.18. The lowest BCUT2D eigenvalue weighted by Crippen LogP contribution is -2.33. The highest BCUT2D eigenvalue weighted by molar-refractivity contribution is 6.12. The van der Waals surface area contributed by atoms with Crippen LogP contribution >= 0.6 is 0 Å². The molecule has 0 aliphatic carbocycles. The Labute approximate surface area is 151 Å². The summed E-state index contributed by atoms with van der Waals surface area (Å²) < 4.78 is 0. The van der Waals surface area contributed by atoms with E-state index in [1.165, 1.54) is 6.20 Å². The van der Waals surface area contributed by atoms with Crippen LogP contribution in [-0.2, 0) is 10.2 Å². The first-order valence-electron chi connectivity index (χ1n) is 8.23. The molecule has 7 nitrogen and oxygen atoms in total. The predicted octanol–water partition coefficient (Wildman–Crippen LogP) is 2.78. The monoisotopic (exact) mass is 346 g/mol. The zero-order chi connectivity index (χ0) is 18.5. The summed E-state index contributed by atoms with van der Waals surface area (Å²) in [6.07, 6.45) is 6.55. The van der Waals surface area contributed by atoms with Crippen molar-refractivity contribution in [3.8, 4) is 11.1 Å². The number of nitrogens with zero attached hydrogens (tertiary/aromatic N) is 5. The standard InChI is InChI=1S/C19H18N6O/c1-11-22-7-13(8-23-11)12-4-5-14-15(6-12)25(18(26)19(14,2)3)17-10-21-9-16(20)24-17/h4-10H,1-3H3,(H2,20,24). The minimum Gasteiger partial charge on any atom is -0.382 e. The molecule has 3 aromatic rings. The van der Waals surface area contributed by atoms with E-state index in [9.17, 15) is 4.79 Å². The Morgan fingerprint density at radius 2 is 1.77 bits per heavy atom. The van der Waals surface area contributed by atoms with Crippen LogP contribution in [-0.4, -0.2) is 25.8 Å². The molecule has 2 aromatic heterocycles. The van der Waals surface area contributed by atoms with E-state index in [2.05, 4.69) is 19.9 Å². The number of nitrogen functional groups attached to an aromatic ring is 1. The molecule has 1 aliphatic heterocycles. The normalized spacial score (nSPS) is 15.2. The van der Waals surface area contributed by atoms with Crippen molar-refractivity contribution in [1.82, 2.24) is 19.9 Å². The zero-order valence-electron chi connectivity index (χ0n) is 14.8. The van der Waals surface area contributed by atoms with Gasteiger partial charge >= 0.3 is 0 Å². The molecular weight excluding hydrogens is 328 g/mol. The predicted molar refractivity (Wildman–Crippen MR) is 98.8 cm³/mol.